The number of nitrogens with one attached hydrogen (secondary N) is 1. The van der Waals surface area contributed by atoms with E-state index >= 15 is 0 Å². The average Bonchev–Trinajstić information content (AvgIpc) is 2.19. The Morgan fingerprint density at radius 3 is 2.62 bits per heavy atom. The number of benzene rings is 1. The van der Waals surface area contributed by atoms with Crippen LogP contribution in [0.2, 0.25) is 0 Å². The number of rotatable bonds is 4. The number of anilines is 1. The van der Waals surface area contributed by atoms with Crippen LogP contribution in [0.4, 0.5) is 14.5 Å². The molecule has 16 heavy (non-hydrogen) atoms. The summed E-state index contributed by atoms with van der Waals surface area (Å²) in [6.07, 6.45) is 0. The molecule has 0 aliphatic carbocycles. The van der Waals surface area contributed by atoms with Gasteiger partial charge in [0, 0.05) is 12.6 Å². The van der Waals surface area contributed by atoms with Crippen molar-refractivity contribution in [2.45, 2.75) is 13.0 Å². The second kappa shape index (κ2) is 4.89. The molecule has 0 aromatic heterocycles. The van der Waals surface area contributed by atoms with Crippen molar-refractivity contribution in [3.8, 4) is 0 Å². The fourth-order valence-electron chi connectivity index (χ4n) is 1.12. The Balaban J connectivity index is 2.98. The molecule has 0 saturated heterocycles. The van der Waals surface area contributed by atoms with Gasteiger partial charge in [0.2, 0.25) is 0 Å². The first kappa shape index (κ1) is 12.4. The molecule has 6 heteroatoms. The van der Waals surface area contributed by atoms with Crippen LogP contribution in [0.1, 0.15) is 17.3 Å². The van der Waals surface area contributed by atoms with Gasteiger partial charge in [-0.1, -0.05) is 0 Å². The van der Waals surface area contributed by atoms with E-state index in [-0.39, 0.29) is 18.3 Å². The number of aromatic carboxylic acids is 1. The van der Waals surface area contributed by atoms with Crippen LogP contribution in [0.5, 0.6) is 0 Å². The summed E-state index contributed by atoms with van der Waals surface area (Å²) < 4.78 is 26.5. The predicted octanol–water partition coefficient (Wildman–Crippen LogP) is 1.42. The number of carboxylic acid groups (broad SMARTS) is 1. The van der Waals surface area contributed by atoms with E-state index in [2.05, 4.69) is 5.32 Å². The molecule has 88 valence electrons. The SMILES string of the molecule is CC(N)CNc1ccc(C(=O)O)c(F)c1F. The summed E-state index contributed by atoms with van der Waals surface area (Å²) in [5, 5.41) is 11.1. The van der Waals surface area contributed by atoms with Gasteiger partial charge >= 0.3 is 5.97 Å². The van der Waals surface area contributed by atoms with Crippen LogP contribution >= 0.6 is 0 Å². The Kier molecular flexibility index (Phi) is 3.78. The molecular formula is C10H12F2N2O2. The molecule has 0 saturated carbocycles. The predicted molar refractivity (Wildman–Crippen MR) is 55.5 cm³/mol. The number of carbonyl (C=O) groups is 1. The topological polar surface area (TPSA) is 75.3 Å². The minimum absolute atomic E-state index is 0.0974. The molecule has 1 unspecified atom stereocenters. The van der Waals surface area contributed by atoms with Gasteiger partial charge in [0.1, 0.15) is 0 Å². The highest BCUT2D eigenvalue weighted by atomic mass is 19.2. The molecular weight excluding hydrogens is 218 g/mol. The molecule has 4 nitrogen and oxygen atoms in total. The first-order valence-corrected chi connectivity index (χ1v) is 4.64. The van der Waals surface area contributed by atoms with Gasteiger partial charge in [-0.15, -0.1) is 0 Å². The fraction of sp³-hybridized carbons (Fsp3) is 0.300. The van der Waals surface area contributed by atoms with Crippen LogP contribution in [0.15, 0.2) is 12.1 Å². The second-order valence-corrected chi connectivity index (χ2v) is 3.45. The van der Waals surface area contributed by atoms with Gasteiger partial charge in [-0.2, -0.15) is 0 Å². The van der Waals surface area contributed by atoms with Crippen molar-refractivity contribution in [3.05, 3.63) is 29.3 Å². The zero-order valence-corrected chi connectivity index (χ0v) is 8.63. The van der Waals surface area contributed by atoms with E-state index in [4.69, 9.17) is 10.8 Å². The van der Waals surface area contributed by atoms with Crippen LogP contribution in [0.3, 0.4) is 0 Å². The van der Waals surface area contributed by atoms with Crippen LogP contribution in [0, 0.1) is 11.6 Å². The minimum Gasteiger partial charge on any atom is -0.478 e. The minimum atomic E-state index is -1.50. The molecule has 1 atom stereocenters. The van der Waals surface area contributed by atoms with E-state index < -0.39 is 23.2 Å². The van der Waals surface area contributed by atoms with E-state index in [0.717, 1.165) is 6.07 Å². The van der Waals surface area contributed by atoms with Gasteiger partial charge in [-0.25, -0.2) is 13.6 Å². The molecule has 4 N–H and O–H groups in total. The van der Waals surface area contributed by atoms with Crippen molar-refractivity contribution in [2.24, 2.45) is 5.73 Å². The largest absolute Gasteiger partial charge is 0.478 e. The third-order valence-corrected chi connectivity index (χ3v) is 1.93. The number of halogens is 2. The zero-order chi connectivity index (χ0) is 12.3. The summed E-state index contributed by atoms with van der Waals surface area (Å²) in [6.45, 7) is 1.97. The highest BCUT2D eigenvalue weighted by molar-refractivity contribution is 5.88. The van der Waals surface area contributed by atoms with E-state index in [9.17, 15) is 13.6 Å². The Morgan fingerprint density at radius 2 is 2.12 bits per heavy atom. The number of nitrogens with two attached hydrogens (primary N) is 1. The van der Waals surface area contributed by atoms with Crippen molar-refractivity contribution < 1.29 is 18.7 Å². The standard InChI is InChI=1S/C10H12F2N2O2/c1-5(13)4-14-7-3-2-6(10(15)16)8(11)9(7)12/h2-3,5,14H,4,13H2,1H3,(H,15,16). The van der Waals surface area contributed by atoms with Gasteiger partial charge in [-0.3, -0.25) is 0 Å². The fourth-order valence-corrected chi connectivity index (χ4v) is 1.12. The lowest BCUT2D eigenvalue weighted by Gasteiger charge is -2.10. The number of carboxylic acids is 1. The number of hydrogen-bond acceptors (Lipinski definition) is 3. The van der Waals surface area contributed by atoms with Gasteiger partial charge in [0.05, 0.1) is 11.3 Å². The van der Waals surface area contributed by atoms with Crippen molar-refractivity contribution in [2.75, 3.05) is 11.9 Å². The molecule has 1 aromatic carbocycles. The van der Waals surface area contributed by atoms with Gasteiger partial charge < -0.3 is 16.2 Å². The Morgan fingerprint density at radius 1 is 1.50 bits per heavy atom. The average molecular weight is 230 g/mol. The molecule has 0 radical (unpaired) electrons. The molecule has 0 aliphatic rings. The first-order chi connectivity index (χ1) is 7.43. The summed E-state index contributed by atoms with van der Waals surface area (Å²) in [5.74, 6) is -4.09. The summed E-state index contributed by atoms with van der Waals surface area (Å²) >= 11 is 0. The molecule has 0 aliphatic heterocycles. The molecule has 0 amide bonds. The number of hydrogen-bond donors (Lipinski definition) is 3. The van der Waals surface area contributed by atoms with E-state index in [0.29, 0.717) is 0 Å². The Labute approximate surface area is 91.1 Å². The third-order valence-electron chi connectivity index (χ3n) is 1.93. The molecule has 0 heterocycles. The monoisotopic (exact) mass is 230 g/mol. The second-order valence-electron chi connectivity index (χ2n) is 3.45. The summed E-state index contributed by atoms with van der Waals surface area (Å²) in [7, 11) is 0. The first-order valence-electron chi connectivity index (χ1n) is 4.64. The van der Waals surface area contributed by atoms with Gasteiger partial charge in [0.15, 0.2) is 11.6 Å². The Bertz CT molecular complexity index is 408. The zero-order valence-electron chi connectivity index (χ0n) is 8.63. The maximum atomic E-state index is 13.3. The van der Waals surface area contributed by atoms with Gasteiger partial charge in [-0.05, 0) is 19.1 Å². The van der Waals surface area contributed by atoms with Crippen molar-refractivity contribution in [1.29, 1.82) is 0 Å². The maximum absolute atomic E-state index is 13.3. The molecule has 0 bridgehead atoms. The van der Waals surface area contributed by atoms with Crippen LogP contribution in [0.25, 0.3) is 0 Å². The normalized spacial score (nSPS) is 12.2. The summed E-state index contributed by atoms with van der Waals surface area (Å²) in [5.41, 5.74) is 4.65. The van der Waals surface area contributed by atoms with E-state index in [1.54, 1.807) is 6.92 Å². The lowest BCUT2D eigenvalue weighted by Crippen LogP contribution is -2.25. The van der Waals surface area contributed by atoms with Crippen LogP contribution in [-0.4, -0.2) is 23.7 Å². The van der Waals surface area contributed by atoms with Gasteiger partial charge in [0.25, 0.3) is 0 Å². The molecule has 1 aromatic rings. The quantitative estimate of drug-likeness (QED) is 0.731. The van der Waals surface area contributed by atoms with Crippen molar-refractivity contribution in [3.63, 3.8) is 0 Å². The third kappa shape index (κ3) is 2.66. The van der Waals surface area contributed by atoms with E-state index in [1.807, 2.05) is 0 Å². The summed E-state index contributed by atoms with van der Waals surface area (Å²) in [6, 6.07) is 1.95. The smallest absolute Gasteiger partial charge is 0.338 e. The van der Waals surface area contributed by atoms with E-state index in [1.165, 1.54) is 6.07 Å². The molecule has 1 rings (SSSR count). The lowest BCUT2D eigenvalue weighted by molar-refractivity contribution is 0.0690. The molecule has 0 spiro atoms. The Hall–Kier alpha value is -1.69. The molecule has 0 fully saturated rings. The van der Waals surface area contributed by atoms with Crippen molar-refractivity contribution in [1.82, 2.24) is 0 Å². The highest BCUT2D eigenvalue weighted by Crippen LogP contribution is 2.20. The van der Waals surface area contributed by atoms with Crippen molar-refractivity contribution >= 4 is 11.7 Å². The van der Waals surface area contributed by atoms with Crippen LogP contribution < -0.4 is 11.1 Å². The maximum Gasteiger partial charge on any atom is 0.338 e. The summed E-state index contributed by atoms with van der Waals surface area (Å²) in [4.78, 5) is 10.5. The van der Waals surface area contributed by atoms with Crippen LogP contribution in [-0.2, 0) is 0 Å². The lowest BCUT2D eigenvalue weighted by atomic mass is 10.1. The highest BCUT2D eigenvalue weighted by Gasteiger charge is 2.17.